The van der Waals surface area contributed by atoms with E-state index in [2.05, 4.69) is 42.9 Å². The van der Waals surface area contributed by atoms with Gasteiger partial charge in [-0.2, -0.15) is 0 Å². The fourth-order valence-corrected chi connectivity index (χ4v) is 3.67. The zero-order chi connectivity index (χ0) is 14.5. The van der Waals surface area contributed by atoms with E-state index in [9.17, 15) is 0 Å². The third kappa shape index (κ3) is 2.33. The Hall–Kier alpha value is -0.730. The van der Waals surface area contributed by atoms with Crippen LogP contribution in [0.15, 0.2) is 4.99 Å². The Bertz CT molecular complexity index is 390. The molecule has 0 unspecified atom stereocenters. The van der Waals surface area contributed by atoms with Crippen molar-refractivity contribution in [1.29, 1.82) is 0 Å². The molecule has 1 saturated heterocycles. The number of aliphatic imine (C=N–C) groups is 1. The quantitative estimate of drug-likeness (QED) is 0.631. The standard InChI is InChI=1S/C17H31N3/c1-16(2)11-20(17(16,3)4)15(18-5)19-10-14(12-6-7-12)13-8-9-13/h12-14H,6-11H2,1-5H3,(H,18,19). The summed E-state index contributed by atoms with van der Waals surface area (Å²) in [6.45, 7) is 11.6. The number of rotatable bonds is 4. The van der Waals surface area contributed by atoms with Crippen LogP contribution in [0, 0.1) is 23.2 Å². The van der Waals surface area contributed by atoms with E-state index < -0.39 is 0 Å². The summed E-state index contributed by atoms with van der Waals surface area (Å²) >= 11 is 0. The minimum Gasteiger partial charge on any atom is -0.356 e. The van der Waals surface area contributed by atoms with Gasteiger partial charge in [0, 0.05) is 31.1 Å². The molecular formula is C17H31N3. The molecule has 3 nitrogen and oxygen atoms in total. The minimum atomic E-state index is 0.198. The van der Waals surface area contributed by atoms with Gasteiger partial charge in [0.1, 0.15) is 0 Å². The molecule has 0 amide bonds. The van der Waals surface area contributed by atoms with Crippen LogP contribution < -0.4 is 5.32 Å². The summed E-state index contributed by atoms with van der Waals surface area (Å²) in [6.07, 6.45) is 5.85. The molecule has 1 heterocycles. The first-order chi connectivity index (χ1) is 9.37. The second-order valence-electron chi connectivity index (χ2n) is 8.30. The molecule has 0 spiro atoms. The molecule has 1 N–H and O–H groups in total. The van der Waals surface area contributed by atoms with E-state index in [-0.39, 0.29) is 5.54 Å². The Balaban J connectivity index is 1.58. The third-order valence-corrected chi connectivity index (χ3v) is 6.30. The molecule has 0 aromatic heterocycles. The molecule has 1 aliphatic heterocycles. The maximum atomic E-state index is 4.53. The number of hydrogen-bond acceptors (Lipinski definition) is 1. The summed E-state index contributed by atoms with van der Waals surface area (Å²) < 4.78 is 0. The molecule has 0 aromatic rings. The molecular weight excluding hydrogens is 246 g/mol. The molecule has 2 saturated carbocycles. The van der Waals surface area contributed by atoms with Crippen LogP contribution in [0.2, 0.25) is 0 Å². The Kier molecular flexibility index (Phi) is 3.30. The first-order valence-electron chi connectivity index (χ1n) is 8.35. The molecule has 0 bridgehead atoms. The van der Waals surface area contributed by atoms with E-state index in [1.54, 1.807) is 0 Å². The van der Waals surface area contributed by atoms with Crippen LogP contribution in [0.5, 0.6) is 0 Å². The zero-order valence-electron chi connectivity index (χ0n) is 13.9. The van der Waals surface area contributed by atoms with Crippen molar-refractivity contribution in [3.05, 3.63) is 0 Å². The van der Waals surface area contributed by atoms with Crippen molar-refractivity contribution in [2.45, 2.75) is 58.9 Å². The Morgan fingerprint density at radius 2 is 1.70 bits per heavy atom. The molecule has 3 heteroatoms. The van der Waals surface area contributed by atoms with Crippen LogP contribution in [0.1, 0.15) is 53.4 Å². The highest BCUT2D eigenvalue weighted by Crippen LogP contribution is 2.49. The summed E-state index contributed by atoms with van der Waals surface area (Å²) in [6, 6.07) is 0. The lowest BCUT2D eigenvalue weighted by molar-refractivity contribution is -0.0668. The lowest BCUT2D eigenvalue weighted by Gasteiger charge is -2.62. The maximum absolute atomic E-state index is 4.53. The van der Waals surface area contributed by atoms with Crippen molar-refractivity contribution in [3.8, 4) is 0 Å². The van der Waals surface area contributed by atoms with Gasteiger partial charge >= 0.3 is 0 Å². The molecule has 114 valence electrons. The summed E-state index contributed by atoms with van der Waals surface area (Å²) in [5.74, 6) is 4.03. The van der Waals surface area contributed by atoms with Gasteiger partial charge in [-0.15, -0.1) is 0 Å². The average molecular weight is 277 g/mol. The van der Waals surface area contributed by atoms with Crippen molar-refractivity contribution in [2.24, 2.45) is 28.2 Å². The number of nitrogens with zero attached hydrogens (tertiary/aromatic N) is 2. The molecule has 2 aliphatic carbocycles. The van der Waals surface area contributed by atoms with E-state index in [0.717, 1.165) is 36.8 Å². The van der Waals surface area contributed by atoms with E-state index in [1.165, 1.54) is 25.7 Å². The van der Waals surface area contributed by atoms with E-state index >= 15 is 0 Å². The first kappa shape index (κ1) is 14.2. The van der Waals surface area contributed by atoms with Crippen LogP contribution in [-0.2, 0) is 0 Å². The second kappa shape index (κ2) is 4.64. The molecule has 20 heavy (non-hydrogen) atoms. The van der Waals surface area contributed by atoms with Crippen LogP contribution in [-0.4, -0.2) is 36.5 Å². The van der Waals surface area contributed by atoms with Crippen molar-refractivity contribution in [1.82, 2.24) is 10.2 Å². The van der Waals surface area contributed by atoms with Crippen molar-refractivity contribution >= 4 is 5.96 Å². The molecule has 0 atom stereocenters. The lowest BCUT2D eigenvalue weighted by atomic mass is 9.65. The van der Waals surface area contributed by atoms with E-state index in [0.29, 0.717) is 5.41 Å². The summed E-state index contributed by atoms with van der Waals surface area (Å²) in [5, 5.41) is 3.68. The topological polar surface area (TPSA) is 27.6 Å². The van der Waals surface area contributed by atoms with Crippen LogP contribution in [0.4, 0.5) is 0 Å². The Morgan fingerprint density at radius 3 is 2.05 bits per heavy atom. The SMILES string of the molecule is CN=C(NCC(C1CC1)C1CC1)N1CC(C)(C)C1(C)C. The summed E-state index contributed by atoms with van der Waals surface area (Å²) in [4.78, 5) is 6.98. The molecule has 3 aliphatic rings. The minimum absolute atomic E-state index is 0.198. The van der Waals surface area contributed by atoms with Gasteiger partial charge < -0.3 is 10.2 Å². The highest BCUT2D eigenvalue weighted by molar-refractivity contribution is 5.82. The Morgan fingerprint density at radius 1 is 1.15 bits per heavy atom. The van der Waals surface area contributed by atoms with Crippen molar-refractivity contribution in [3.63, 3.8) is 0 Å². The van der Waals surface area contributed by atoms with Gasteiger partial charge in [0.05, 0.1) is 0 Å². The van der Waals surface area contributed by atoms with Gasteiger partial charge in [-0.1, -0.05) is 13.8 Å². The number of nitrogens with one attached hydrogen (secondary N) is 1. The maximum Gasteiger partial charge on any atom is 0.194 e. The summed E-state index contributed by atoms with van der Waals surface area (Å²) in [5.41, 5.74) is 0.570. The first-order valence-corrected chi connectivity index (χ1v) is 8.35. The Labute approximate surface area is 124 Å². The largest absolute Gasteiger partial charge is 0.356 e. The summed E-state index contributed by atoms with van der Waals surface area (Å²) in [7, 11) is 1.92. The van der Waals surface area contributed by atoms with Gasteiger partial charge in [0.2, 0.25) is 0 Å². The highest BCUT2D eigenvalue weighted by atomic mass is 15.4. The normalized spacial score (nSPS) is 28.5. The van der Waals surface area contributed by atoms with Gasteiger partial charge in [-0.05, 0) is 57.3 Å². The number of likely N-dealkylation sites (tertiary alicyclic amines) is 1. The fraction of sp³-hybridized carbons (Fsp3) is 0.941. The van der Waals surface area contributed by atoms with Gasteiger partial charge in [-0.25, -0.2) is 0 Å². The number of guanidine groups is 1. The van der Waals surface area contributed by atoms with E-state index in [4.69, 9.17) is 0 Å². The zero-order valence-corrected chi connectivity index (χ0v) is 13.9. The monoisotopic (exact) mass is 277 g/mol. The average Bonchev–Trinajstić information content (AvgIpc) is 3.26. The number of hydrogen-bond donors (Lipinski definition) is 1. The van der Waals surface area contributed by atoms with Gasteiger partial charge in [0.15, 0.2) is 5.96 Å². The highest BCUT2D eigenvalue weighted by Gasteiger charge is 2.54. The van der Waals surface area contributed by atoms with Crippen LogP contribution in [0.25, 0.3) is 0 Å². The van der Waals surface area contributed by atoms with Gasteiger partial charge in [-0.3, -0.25) is 4.99 Å². The molecule has 3 rings (SSSR count). The van der Waals surface area contributed by atoms with Crippen molar-refractivity contribution in [2.75, 3.05) is 20.1 Å². The van der Waals surface area contributed by atoms with Crippen LogP contribution in [0.3, 0.4) is 0 Å². The van der Waals surface area contributed by atoms with Crippen LogP contribution >= 0.6 is 0 Å². The van der Waals surface area contributed by atoms with Crippen molar-refractivity contribution < 1.29 is 0 Å². The second-order valence-corrected chi connectivity index (χ2v) is 8.30. The third-order valence-electron chi connectivity index (χ3n) is 6.30. The predicted molar refractivity (Wildman–Crippen MR) is 84.9 cm³/mol. The van der Waals surface area contributed by atoms with Gasteiger partial charge in [0.25, 0.3) is 0 Å². The van der Waals surface area contributed by atoms with E-state index in [1.807, 2.05) is 7.05 Å². The molecule has 0 aromatic carbocycles. The smallest absolute Gasteiger partial charge is 0.194 e. The lowest BCUT2D eigenvalue weighted by Crippen LogP contribution is -2.72. The fourth-order valence-electron chi connectivity index (χ4n) is 3.67. The molecule has 0 radical (unpaired) electrons. The predicted octanol–water partition coefficient (Wildman–Crippen LogP) is 3.12. The molecule has 3 fully saturated rings.